The van der Waals surface area contributed by atoms with Crippen LogP contribution in [0.25, 0.3) is 0 Å². The number of carbonyl (C=O) groups excluding carboxylic acids is 1. The summed E-state index contributed by atoms with van der Waals surface area (Å²) in [6.07, 6.45) is 3.23. The van der Waals surface area contributed by atoms with Crippen molar-refractivity contribution in [2.75, 3.05) is 5.32 Å². The van der Waals surface area contributed by atoms with Gasteiger partial charge in [0, 0.05) is 24.3 Å². The van der Waals surface area contributed by atoms with E-state index in [1.165, 1.54) is 0 Å². The smallest absolute Gasteiger partial charge is 0.258 e. The SMILES string of the molecule is Cn1cc(C(=O)Nc2cccc(CBr)c2)cn1. The van der Waals surface area contributed by atoms with Crippen LogP contribution in [0.1, 0.15) is 15.9 Å². The van der Waals surface area contributed by atoms with Crippen LogP contribution in [0, 0.1) is 0 Å². The molecule has 0 unspecified atom stereocenters. The minimum Gasteiger partial charge on any atom is -0.322 e. The molecule has 88 valence electrons. The highest BCUT2D eigenvalue weighted by molar-refractivity contribution is 9.08. The lowest BCUT2D eigenvalue weighted by molar-refractivity contribution is 0.102. The summed E-state index contributed by atoms with van der Waals surface area (Å²) in [6, 6.07) is 7.70. The Morgan fingerprint density at radius 2 is 2.35 bits per heavy atom. The van der Waals surface area contributed by atoms with E-state index in [0.717, 1.165) is 16.6 Å². The number of rotatable bonds is 3. The Bertz CT molecular complexity index is 536. The first-order valence-electron chi connectivity index (χ1n) is 5.14. The fraction of sp³-hybridized carbons (Fsp3) is 0.167. The van der Waals surface area contributed by atoms with Crippen LogP contribution in [0.15, 0.2) is 36.7 Å². The van der Waals surface area contributed by atoms with E-state index in [-0.39, 0.29) is 5.91 Å². The third-order valence-electron chi connectivity index (χ3n) is 2.31. The number of nitrogens with zero attached hydrogens (tertiary/aromatic N) is 2. The van der Waals surface area contributed by atoms with Gasteiger partial charge in [-0.25, -0.2) is 0 Å². The summed E-state index contributed by atoms with van der Waals surface area (Å²) < 4.78 is 1.60. The quantitative estimate of drug-likeness (QED) is 0.884. The van der Waals surface area contributed by atoms with Crippen LogP contribution in [0.2, 0.25) is 0 Å². The van der Waals surface area contributed by atoms with Gasteiger partial charge in [-0.15, -0.1) is 0 Å². The molecule has 0 saturated carbocycles. The minimum atomic E-state index is -0.148. The molecule has 0 radical (unpaired) electrons. The topological polar surface area (TPSA) is 46.9 Å². The summed E-state index contributed by atoms with van der Waals surface area (Å²) in [5.74, 6) is -0.148. The van der Waals surface area contributed by atoms with Crippen molar-refractivity contribution in [1.82, 2.24) is 9.78 Å². The molecule has 17 heavy (non-hydrogen) atoms. The molecule has 0 bridgehead atoms. The highest BCUT2D eigenvalue weighted by Crippen LogP contribution is 2.14. The maximum atomic E-state index is 11.9. The zero-order chi connectivity index (χ0) is 12.3. The lowest BCUT2D eigenvalue weighted by Gasteiger charge is -2.04. The van der Waals surface area contributed by atoms with Gasteiger partial charge in [-0.2, -0.15) is 5.10 Å². The van der Waals surface area contributed by atoms with Gasteiger partial charge in [0.15, 0.2) is 0 Å². The van der Waals surface area contributed by atoms with Crippen molar-refractivity contribution in [2.24, 2.45) is 7.05 Å². The second-order valence-corrected chi connectivity index (χ2v) is 4.25. The molecule has 1 aromatic heterocycles. The molecule has 1 N–H and O–H groups in total. The van der Waals surface area contributed by atoms with Crippen molar-refractivity contribution in [2.45, 2.75) is 5.33 Å². The van der Waals surface area contributed by atoms with Gasteiger partial charge in [-0.3, -0.25) is 9.48 Å². The summed E-state index contributed by atoms with van der Waals surface area (Å²) in [4.78, 5) is 11.9. The molecule has 0 spiro atoms. The number of aromatic nitrogens is 2. The summed E-state index contributed by atoms with van der Waals surface area (Å²) >= 11 is 3.38. The Kier molecular flexibility index (Phi) is 3.58. The maximum Gasteiger partial charge on any atom is 0.258 e. The molecule has 5 heteroatoms. The fourth-order valence-corrected chi connectivity index (χ4v) is 1.82. The molecule has 2 rings (SSSR count). The Labute approximate surface area is 108 Å². The van der Waals surface area contributed by atoms with Crippen molar-refractivity contribution in [1.29, 1.82) is 0 Å². The van der Waals surface area contributed by atoms with Gasteiger partial charge in [0.1, 0.15) is 0 Å². The van der Waals surface area contributed by atoms with Crippen LogP contribution in [-0.4, -0.2) is 15.7 Å². The number of halogens is 1. The van der Waals surface area contributed by atoms with E-state index in [9.17, 15) is 4.79 Å². The van der Waals surface area contributed by atoms with E-state index in [1.807, 2.05) is 24.3 Å². The maximum absolute atomic E-state index is 11.9. The van der Waals surface area contributed by atoms with Crippen molar-refractivity contribution < 1.29 is 4.79 Å². The molecular weight excluding hydrogens is 282 g/mol. The van der Waals surface area contributed by atoms with Crippen molar-refractivity contribution in [3.05, 3.63) is 47.8 Å². The number of carbonyl (C=O) groups is 1. The number of nitrogens with one attached hydrogen (secondary N) is 1. The predicted molar refractivity (Wildman–Crippen MR) is 70.2 cm³/mol. The standard InChI is InChI=1S/C12H12BrN3O/c1-16-8-10(7-14-16)12(17)15-11-4-2-3-9(5-11)6-13/h2-5,7-8H,6H2,1H3,(H,15,17). The molecule has 1 heterocycles. The summed E-state index contributed by atoms with van der Waals surface area (Å²) in [6.45, 7) is 0. The predicted octanol–water partition coefficient (Wildman–Crippen LogP) is 2.57. The molecule has 0 fully saturated rings. The zero-order valence-electron chi connectivity index (χ0n) is 9.35. The van der Waals surface area contributed by atoms with Crippen LogP contribution < -0.4 is 5.32 Å². The number of amides is 1. The molecule has 0 aliphatic carbocycles. The first-order valence-corrected chi connectivity index (χ1v) is 6.26. The van der Waals surface area contributed by atoms with Gasteiger partial charge in [-0.1, -0.05) is 28.1 Å². The average molecular weight is 294 g/mol. The summed E-state index contributed by atoms with van der Waals surface area (Å²) in [5.41, 5.74) is 2.46. The average Bonchev–Trinajstić information content (AvgIpc) is 2.76. The number of hydrogen-bond acceptors (Lipinski definition) is 2. The molecule has 1 amide bonds. The zero-order valence-corrected chi connectivity index (χ0v) is 10.9. The van der Waals surface area contributed by atoms with Crippen molar-refractivity contribution >= 4 is 27.5 Å². The Balaban J connectivity index is 2.12. The van der Waals surface area contributed by atoms with E-state index in [0.29, 0.717) is 5.56 Å². The van der Waals surface area contributed by atoms with Crippen LogP contribution in [0.4, 0.5) is 5.69 Å². The van der Waals surface area contributed by atoms with E-state index in [4.69, 9.17) is 0 Å². The van der Waals surface area contributed by atoms with Crippen LogP contribution in [0.3, 0.4) is 0 Å². The van der Waals surface area contributed by atoms with Gasteiger partial charge in [0.05, 0.1) is 11.8 Å². The molecule has 0 aliphatic heterocycles. The molecule has 2 aromatic rings. The monoisotopic (exact) mass is 293 g/mol. The summed E-state index contributed by atoms with van der Waals surface area (Å²) in [5, 5.41) is 7.56. The minimum absolute atomic E-state index is 0.148. The first-order chi connectivity index (χ1) is 8.19. The molecule has 0 aliphatic rings. The molecule has 0 saturated heterocycles. The molecule has 1 aromatic carbocycles. The van der Waals surface area contributed by atoms with Gasteiger partial charge >= 0.3 is 0 Å². The van der Waals surface area contributed by atoms with Gasteiger partial charge in [0.25, 0.3) is 5.91 Å². The fourth-order valence-electron chi connectivity index (χ4n) is 1.47. The number of hydrogen-bond donors (Lipinski definition) is 1. The molecule has 0 atom stereocenters. The largest absolute Gasteiger partial charge is 0.322 e. The number of aryl methyl sites for hydroxylation is 1. The summed E-state index contributed by atoms with van der Waals surface area (Å²) in [7, 11) is 1.78. The molecule has 4 nitrogen and oxygen atoms in total. The second kappa shape index (κ2) is 5.14. The van der Waals surface area contributed by atoms with Crippen LogP contribution >= 0.6 is 15.9 Å². The lowest BCUT2D eigenvalue weighted by atomic mass is 10.2. The van der Waals surface area contributed by atoms with Crippen LogP contribution in [-0.2, 0) is 12.4 Å². The Morgan fingerprint density at radius 3 is 3.00 bits per heavy atom. The Morgan fingerprint density at radius 1 is 1.53 bits per heavy atom. The van der Waals surface area contributed by atoms with Crippen molar-refractivity contribution in [3.8, 4) is 0 Å². The van der Waals surface area contributed by atoms with Gasteiger partial charge < -0.3 is 5.32 Å². The number of anilines is 1. The highest BCUT2D eigenvalue weighted by Gasteiger charge is 2.07. The Hall–Kier alpha value is -1.62. The third-order valence-corrected chi connectivity index (χ3v) is 2.95. The van der Waals surface area contributed by atoms with Gasteiger partial charge in [0.2, 0.25) is 0 Å². The van der Waals surface area contributed by atoms with Gasteiger partial charge in [-0.05, 0) is 17.7 Å². The highest BCUT2D eigenvalue weighted by atomic mass is 79.9. The number of benzene rings is 1. The van der Waals surface area contributed by atoms with E-state index in [2.05, 4.69) is 26.3 Å². The third kappa shape index (κ3) is 2.94. The van der Waals surface area contributed by atoms with Crippen LogP contribution in [0.5, 0.6) is 0 Å². The van der Waals surface area contributed by atoms with E-state index >= 15 is 0 Å². The number of alkyl halides is 1. The molecular formula is C12H12BrN3O. The normalized spacial score (nSPS) is 10.2. The second-order valence-electron chi connectivity index (χ2n) is 3.69. The van der Waals surface area contributed by atoms with E-state index in [1.54, 1.807) is 24.1 Å². The lowest BCUT2D eigenvalue weighted by Crippen LogP contribution is -2.11. The van der Waals surface area contributed by atoms with E-state index < -0.39 is 0 Å². The van der Waals surface area contributed by atoms with Crippen molar-refractivity contribution in [3.63, 3.8) is 0 Å². The first kappa shape index (κ1) is 11.9.